The van der Waals surface area contributed by atoms with Crippen LogP contribution in [-0.4, -0.2) is 26.3 Å². The van der Waals surface area contributed by atoms with Gasteiger partial charge < -0.3 is 9.47 Å². The highest BCUT2D eigenvalue weighted by molar-refractivity contribution is 14.1. The van der Waals surface area contributed by atoms with Crippen LogP contribution in [0.15, 0.2) is 54.2 Å². The van der Waals surface area contributed by atoms with Crippen molar-refractivity contribution in [3.05, 3.63) is 69.3 Å². The molecule has 0 spiro atoms. The Bertz CT molecular complexity index is 803. The van der Waals surface area contributed by atoms with Crippen molar-refractivity contribution in [3.8, 4) is 11.5 Å². The van der Waals surface area contributed by atoms with Crippen molar-refractivity contribution in [2.45, 2.75) is 6.42 Å². The van der Waals surface area contributed by atoms with Gasteiger partial charge in [0.05, 0.1) is 24.0 Å². The zero-order valence-corrected chi connectivity index (χ0v) is 16.2. The number of carbonyl (C=O) groups is 1. The molecule has 0 aromatic heterocycles. The van der Waals surface area contributed by atoms with E-state index in [1.165, 1.54) is 0 Å². The third-order valence-corrected chi connectivity index (χ3v) is 4.35. The lowest BCUT2D eigenvalue weighted by Crippen LogP contribution is -2.17. The molecular weight excluding hydrogens is 431 g/mol. The first-order valence-electron chi connectivity index (χ1n) is 7.53. The first kappa shape index (κ1) is 19.0. The van der Waals surface area contributed by atoms with Crippen molar-refractivity contribution in [1.82, 2.24) is 5.43 Å². The highest BCUT2D eigenvalue weighted by atomic mass is 127. The second-order valence-electron chi connectivity index (χ2n) is 5.11. The van der Waals surface area contributed by atoms with E-state index in [4.69, 9.17) is 9.47 Å². The molecule has 0 unspecified atom stereocenters. The highest BCUT2D eigenvalue weighted by Gasteiger charge is 2.08. The molecule has 2 rings (SSSR count). The number of hydrogen-bond donors (Lipinski definition) is 1. The monoisotopic (exact) mass is 450 g/mol. The first-order chi connectivity index (χ1) is 12.1. The second-order valence-corrected chi connectivity index (χ2v) is 6.27. The number of hydrazone groups is 1. The van der Waals surface area contributed by atoms with E-state index in [0.29, 0.717) is 17.7 Å². The standard InChI is InChI=1S/C19H19IN2O3/c1-4-5-14-10-13(6-9-17(14)24-2)12-21-22-19(23)15-7-8-16(20)18(11-15)25-3/h4,6-12H,1,5H2,2-3H3,(H,22,23)/b21-12-. The Balaban J connectivity index is 2.08. The molecule has 2 aromatic rings. The Morgan fingerprint density at radius 1 is 1.20 bits per heavy atom. The lowest BCUT2D eigenvalue weighted by atomic mass is 10.1. The maximum atomic E-state index is 12.2. The first-order valence-corrected chi connectivity index (χ1v) is 8.61. The highest BCUT2D eigenvalue weighted by Crippen LogP contribution is 2.22. The van der Waals surface area contributed by atoms with Crippen molar-refractivity contribution >= 4 is 34.7 Å². The SMILES string of the molecule is C=CCc1cc(/C=N\NC(=O)c2ccc(I)c(OC)c2)ccc1OC. The number of hydrogen-bond acceptors (Lipinski definition) is 4. The van der Waals surface area contributed by atoms with E-state index in [2.05, 4.69) is 39.7 Å². The number of nitrogens with zero attached hydrogens (tertiary/aromatic N) is 1. The molecule has 0 bridgehead atoms. The van der Waals surface area contributed by atoms with Gasteiger partial charge in [0.2, 0.25) is 0 Å². The van der Waals surface area contributed by atoms with Gasteiger partial charge in [-0.15, -0.1) is 6.58 Å². The van der Waals surface area contributed by atoms with Crippen molar-refractivity contribution in [3.63, 3.8) is 0 Å². The molecule has 0 radical (unpaired) electrons. The minimum Gasteiger partial charge on any atom is -0.496 e. The summed E-state index contributed by atoms with van der Waals surface area (Å²) in [6.45, 7) is 3.74. The summed E-state index contributed by atoms with van der Waals surface area (Å²) >= 11 is 2.15. The van der Waals surface area contributed by atoms with Crippen molar-refractivity contribution < 1.29 is 14.3 Å². The van der Waals surface area contributed by atoms with Gasteiger partial charge in [-0.05, 0) is 76.5 Å². The molecule has 0 aliphatic rings. The fourth-order valence-corrected chi connectivity index (χ4v) is 2.78. The van der Waals surface area contributed by atoms with Gasteiger partial charge in [0.15, 0.2) is 0 Å². The average Bonchev–Trinajstić information content (AvgIpc) is 2.62. The van der Waals surface area contributed by atoms with Crippen LogP contribution in [0.4, 0.5) is 0 Å². The molecule has 6 heteroatoms. The maximum Gasteiger partial charge on any atom is 0.271 e. The summed E-state index contributed by atoms with van der Waals surface area (Å²) in [5, 5.41) is 4.02. The molecule has 0 fully saturated rings. The second kappa shape index (κ2) is 9.22. The predicted molar refractivity (Wildman–Crippen MR) is 108 cm³/mol. The summed E-state index contributed by atoms with van der Waals surface area (Å²) in [4.78, 5) is 12.2. The lowest BCUT2D eigenvalue weighted by Gasteiger charge is -2.07. The largest absolute Gasteiger partial charge is 0.496 e. The molecule has 0 atom stereocenters. The van der Waals surface area contributed by atoms with E-state index in [0.717, 1.165) is 20.4 Å². The summed E-state index contributed by atoms with van der Waals surface area (Å²) in [5.74, 6) is 1.15. The molecule has 130 valence electrons. The number of rotatable bonds is 7. The van der Waals surface area contributed by atoms with Crippen LogP contribution in [0, 0.1) is 3.57 Å². The van der Waals surface area contributed by atoms with E-state index in [9.17, 15) is 4.79 Å². The van der Waals surface area contributed by atoms with Gasteiger partial charge in [-0.1, -0.05) is 6.08 Å². The van der Waals surface area contributed by atoms with E-state index in [1.807, 2.05) is 30.3 Å². The fourth-order valence-electron chi connectivity index (χ4n) is 2.22. The van der Waals surface area contributed by atoms with Crippen LogP contribution in [-0.2, 0) is 6.42 Å². The van der Waals surface area contributed by atoms with Gasteiger partial charge in [-0.2, -0.15) is 5.10 Å². The summed E-state index contributed by atoms with van der Waals surface area (Å²) in [6.07, 6.45) is 4.10. The summed E-state index contributed by atoms with van der Waals surface area (Å²) in [5.41, 5.74) is 4.87. The average molecular weight is 450 g/mol. The van der Waals surface area contributed by atoms with Gasteiger partial charge in [-0.3, -0.25) is 4.79 Å². The normalized spacial score (nSPS) is 10.5. The number of methoxy groups -OCH3 is 2. The summed E-state index contributed by atoms with van der Waals surface area (Å²) < 4.78 is 11.5. The molecule has 0 saturated carbocycles. The summed E-state index contributed by atoms with van der Waals surface area (Å²) in [7, 11) is 3.20. The number of allylic oxidation sites excluding steroid dienone is 1. The van der Waals surface area contributed by atoms with Crippen molar-refractivity contribution in [2.24, 2.45) is 5.10 Å². The molecule has 5 nitrogen and oxygen atoms in total. The molecule has 1 amide bonds. The molecule has 1 N–H and O–H groups in total. The van der Waals surface area contributed by atoms with Gasteiger partial charge in [0.25, 0.3) is 5.91 Å². The van der Waals surface area contributed by atoms with Crippen molar-refractivity contribution in [1.29, 1.82) is 0 Å². The number of carbonyl (C=O) groups excluding carboxylic acids is 1. The zero-order valence-electron chi connectivity index (χ0n) is 14.1. The fraction of sp³-hybridized carbons (Fsp3) is 0.158. The third kappa shape index (κ3) is 5.06. The van der Waals surface area contributed by atoms with E-state index in [-0.39, 0.29) is 5.91 Å². The number of nitrogens with one attached hydrogen (secondary N) is 1. The molecule has 2 aromatic carbocycles. The van der Waals surface area contributed by atoms with Crippen LogP contribution in [0.1, 0.15) is 21.5 Å². The third-order valence-electron chi connectivity index (χ3n) is 3.46. The smallest absolute Gasteiger partial charge is 0.271 e. The molecule has 0 aliphatic carbocycles. The van der Waals surface area contributed by atoms with Gasteiger partial charge in [0.1, 0.15) is 11.5 Å². The number of benzene rings is 2. The predicted octanol–water partition coefficient (Wildman–Crippen LogP) is 3.80. The number of amides is 1. The molecule has 0 heterocycles. The van der Waals surface area contributed by atoms with Crippen LogP contribution in [0.2, 0.25) is 0 Å². The van der Waals surface area contributed by atoms with E-state index < -0.39 is 0 Å². The Kier molecular flexibility index (Phi) is 7.00. The van der Waals surface area contributed by atoms with Crippen LogP contribution in [0.3, 0.4) is 0 Å². The number of halogens is 1. The maximum absolute atomic E-state index is 12.2. The van der Waals surface area contributed by atoms with E-state index in [1.54, 1.807) is 32.6 Å². The summed E-state index contributed by atoms with van der Waals surface area (Å²) in [6, 6.07) is 10.9. The van der Waals surface area contributed by atoms with Crippen LogP contribution in [0.5, 0.6) is 11.5 Å². The van der Waals surface area contributed by atoms with Crippen molar-refractivity contribution in [2.75, 3.05) is 14.2 Å². The van der Waals surface area contributed by atoms with Crippen LogP contribution >= 0.6 is 22.6 Å². The minimum absolute atomic E-state index is 0.300. The Labute approximate surface area is 160 Å². The van der Waals surface area contributed by atoms with Crippen LogP contribution in [0.25, 0.3) is 0 Å². The topological polar surface area (TPSA) is 59.9 Å². The quantitative estimate of drug-likeness (QED) is 0.302. The zero-order chi connectivity index (χ0) is 18.2. The Hall–Kier alpha value is -2.35. The molecule has 25 heavy (non-hydrogen) atoms. The molecular formula is C19H19IN2O3. The van der Waals surface area contributed by atoms with Crippen LogP contribution < -0.4 is 14.9 Å². The van der Waals surface area contributed by atoms with Gasteiger partial charge >= 0.3 is 0 Å². The minimum atomic E-state index is -0.300. The molecule has 0 aliphatic heterocycles. The molecule has 0 saturated heterocycles. The lowest BCUT2D eigenvalue weighted by molar-refractivity contribution is 0.0954. The Morgan fingerprint density at radius 2 is 1.96 bits per heavy atom. The van der Waals surface area contributed by atoms with Gasteiger partial charge in [-0.25, -0.2) is 5.43 Å². The Morgan fingerprint density at radius 3 is 2.64 bits per heavy atom. The van der Waals surface area contributed by atoms with Gasteiger partial charge in [0, 0.05) is 5.56 Å². The van der Waals surface area contributed by atoms with E-state index >= 15 is 0 Å². The number of ether oxygens (including phenoxy) is 2.